The van der Waals surface area contributed by atoms with Crippen LogP contribution in [0.4, 0.5) is 0 Å². The van der Waals surface area contributed by atoms with Crippen molar-refractivity contribution in [2.24, 2.45) is 0 Å². The number of benzene rings is 1. The van der Waals surface area contributed by atoms with Crippen LogP contribution >= 0.6 is 23.1 Å². The van der Waals surface area contributed by atoms with E-state index in [1.807, 2.05) is 17.8 Å². The Kier molecular flexibility index (Phi) is 5.35. The molecule has 0 amide bonds. The van der Waals surface area contributed by atoms with Crippen molar-refractivity contribution >= 4 is 23.1 Å². The third kappa shape index (κ3) is 3.92. The summed E-state index contributed by atoms with van der Waals surface area (Å²) in [7, 11) is 0. The third-order valence-corrected chi connectivity index (χ3v) is 4.46. The molecule has 1 nitrogen and oxygen atoms in total. The molecular formula is C15H14OS2. The van der Waals surface area contributed by atoms with Crippen molar-refractivity contribution < 1.29 is 5.11 Å². The lowest BCUT2D eigenvalue weighted by atomic mass is 10.2. The second-order valence-electron chi connectivity index (χ2n) is 3.63. The predicted octanol–water partition coefficient (Wildman–Crippen LogP) is 3.77. The zero-order valence-corrected chi connectivity index (χ0v) is 11.6. The van der Waals surface area contributed by atoms with Crippen molar-refractivity contribution in [2.75, 3.05) is 6.61 Å². The van der Waals surface area contributed by atoms with Gasteiger partial charge in [-0.2, -0.15) is 0 Å². The fraction of sp³-hybridized carbons (Fsp3) is 0.200. The van der Waals surface area contributed by atoms with Gasteiger partial charge < -0.3 is 5.11 Å². The molecule has 92 valence electrons. The zero-order chi connectivity index (χ0) is 12.6. The van der Waals surface area contributed by atoms with E-state index in [4.69, 9.17) is 5.11 Å². The minimum Gasteiger partial charge on any atom is -0.395 e. The fourth-order valence-corrected chi connectivity index (χ4v) is 3.31. The molecule has 0 aliphatic carbocycles. The van der Waals surface area contributed by atoms with Crippen molar-refractivity contribution in [1.82, 2.24) is 0 Å². The number of thioether (sulfide) groups is 1. The second kappa shape index (κ2) is 7.27. The molecule has 0 unspecified atom stereocenters. The van der Waals surface area contributed by atoms with Crippen molar-refractivity contribution in [1.29, 1.82) is 0 Å². The molecule has 0 saturated heterocycles. The van der Waals surface area contributed by atoms with Gasteiger partial charge in [-0.3, -0.25) is 0 Å². The van der Waals surface area contributed by atoms with Crippen LogP contribution in [0.2, 0.25) is 0 Å². The Morgan fingerprint density at radius 1 is 1.17 bits per heavy atom. The largest absolute Gasteiger partial charge is 0.395 e. The van der Waals surface area contributed by atoms with E-state index in [1.54, 1.807) is 11.3 Å². The first-order chi connectivity index (χ1) is 8.90. The molecule has 1 aromatic heterocycles. The lowest BCUT2D eigenvalue weighted by Crippen LogP contribution is -1.81. The summed E-state index contributed by atoms with van der Waals surface area (Å²) < 4.78 is 0. The Balaban J connectivity index is 1.98. The van der Waals surface area contributed by atoms with Gasteiger partial charge in [0, 0.05) is 27.5 Å². The van der Waals surface area contributed by atoms with E-state index < -0.39 is 0 Å². The highest BCUT2D eigenvalue weighted by Gasteiger charge is 2.02. The summed E-state index contributed by atoms with van der Waals surface area (Å²) in [6.45, 7) is 0.130. The summed E-state index contributed by atoms with van der Waals surface area (Å²) in [6, 6.07) is 12.4. The lowest BCUT2D eigenvalue weighted by molar-refractivity contribution is 0.305. The van der Waals surface area contributed by atoms with Crippen molar-refractivity contribution in [2.45, 2.75) is 17.1 Å². The molecule has 2 aromatic rings. The highest BCUT2D eigenvalue weighted by atomic mass is 32.2. The number of rotatable bonds is 4. The Bertz CT molecular complexity index is 534. The maximum absolute atomic E-state index is 8.71. The summed E-state index contributed by atoms with van der Waals surface area (Å²) in [5.74, 6) is 7.04. The quantitative estimate of drug-likeness (QED) is 0.676. The highest BCUT2D eigenvalue weighted by Crippen LogP contribution is 2.27. The number of thiophene rings is 1. The molecule has 1 N–H and O–H groups in total. The van der Waals surface area contributed by atoms with Crippen LogP contribution in [0.3, 0.4) is 0 Å². The van der Waals surface area contributed by atoms with Crippen LogP contribution in [-0.4, -0.2) is 11.7 Å². The minimum absolute atomic E-state index is 0.130. The number of aliphatic hydroxyl groups excluding tert-OH is 1. The van der Waals surface area contributed by atoms with E-state index in [9.17, 15) is 0 Å². The molecule has 2 rings (SSSR count). The Labute approximate surface area is 116 Å². The van der Waals surface area contributed by atoms with E-state index in [1.165, 1.54) is 9.77 Å². The van der Waals surface area contributed by atoms with Crippen LogP contribution in [-0.2, 0) is 5.75 Å². The van der Waals surface area contributed by atoms with Crippen LogP contribution in [0, 0.1) is 11.8 Å². The monoisotopic (exact) mass is 274 g/mol. The number of aliphatic hydroxyl groups is 1. The molecule has 18 heavy (non-hydrogen) atoms. The van der Waals surface area contributed by atoms with Gasteiger partial charge in [-0.25, -0.2) is 0 Å². The SMILES string of the molecule is OCCC#Cc1ccsc1CSc1ccccc1. The van der Waals surface area contributed by atoms with Gasteiger partial charge in [-0.1, -0.05) is 30.0 Å². The van der Waals surface area contributed by atoms with E-state index in [0.717, 1.165) is 11.3 Å². The molecule has 0 aliphatic rings. The van der Waals surface area contributed by atoms with E-state index >= 15 is 0 Å². The molecule has 0 spiro atoms. The second-order valence-corrected chi connectivity index (χ2v) is 5.68. The van der Waals surface area contributed by atoms with Gasteiger partial charge in [0.2, 0.25) is 0 Å². The predicted molar refractivity (Wildman–Crippen MR) is 78.9 cm³/mol. The zero-order valence-electron chi connectivity index (χ0n) is 9.93. The molecule has 3 heteroatoms. The van der Waals surface area contributed by atoms with Gasteiger partial charge >= 0.3 is 0 Å². The Morgan fingerprint density at radius 2 is 2.00 bits per heavy atom. The van der Waals surface area contributed by atoms with Crippen LogP contribution in [0.15, 0.2) is 46.7 Å². The normalized spacial score (nSPS) is 9.83. The molecule has 1 aromatic carbocycles. The number of hydrogen-bond donors (Lipinski definition) is 1. The molecule has 0 saturated carbocycles. The van der Waals surface area contributed by atoms with Gasteiger partial charge in [0.15, 0.2) is 0 Å². The van der Waals surface area contributed by atoms with E-state index in [2.05, 4.69) is 47.6 Å². The summed E-state index contributed by atoms with van der Waals surface area (Å²) in [4.78, 5) is 2.58. The Morgan fingerprint density at radius 3 is 2.78 bits per heavy atom. The smallest absolute Gasteiger partial charge is 0.0540 e. The average molecular weight is 274 g/mol. The van der Waals surface area contributed by atoms with E-state index in [0.29, 0.717) is 6.42 Å². The molecule has 0 atom stereocenters. The minimum atomic E-state index is 0.130. The summed E-state index contributed by atoms with van der Waals surface area (Å²) in [6.07, 6.45) is 0.543. The van der Waals surface area contributed by atoms with Crippen LogP contribution in [0.1, 0.15) is 16.9 Å². The number of hydrogen-bond acceptors (Lipinski definition) is 3. The first kappa shape index (κ1) is 13.2. The summed E-state index contributed by atoms with van der Waals surface area (Å²) in [5.41, 5.74) is 1.09. The first-order valence-corrected chi connectivity index (χ1v) is 7.60. The van der Waals surface area contributed by atoms with Crippen LogP contribution in [0.5, 0.6) is 0 Å². The van der Waals surface area contributed by atoms with Crippen LogP contribution < -0.4 is 0 Å². The van der Waals surface area contributed by atoms with Gasteiger partial charge in [0.05, 0.1) is 6.61 Å². The third-order valence-electron chi connectivity index (χ3n) is 2.32. The standard InChI is InChI=1S/C15H14OS2/c16-10-5-4-6-13-9-11-17-15(13)12-18-14-7-2-1-3-8-14/h1-3,7-9,11,16H,5,10,12H2. The van der Waals surface area contributed by atoms with E-state index in [-0.39, 0.29) is 6.61 Å². The van der Waals surface area contributed by atoms with Crippen LogP contribution in [0.25, 0.3) is 0 Å². The van der Waals surface area contributed by atoms with Crippen molar-refractivity contribution in [3.8, 4) is 11.8 Å². The highest BCUT2D eigenvalue weighted by molar-refractivity contribution is 7.98. The maximum Gasteiger partial charge on any atom is 0.0540 e. The summed E-state index contributed by atoms with van der Waals surface area (Å²) in [5, 5.41) is 10.8. The van der Waals surface area contributed by atoms with Gasteiger partial charge in [-0.15, -0.1) is 23.1 Å². The summed E-state index contributed by atoms with van der Waals surface area (Å²) >= 11 is 3.57. The van der Waals surface area contributed by atoms with Crippen molar-refractivity contribution in [3.05, 3.63) is 52.2 Å². The fourth-order valence-electron chi connectivity index (χ4n) is 1.44. The first-order valence-electron chi connectivity index (χ1n) is 5.74. The molecule has 1 heterocycles. The van der Waals surface area contributed by atoms with Crippen molar-refractivity contribution in [3.63, 3.8) is 0 Å². The molecule has 0 bridgehead atoms. The Hall–Kier alpha value is -1.21. The maximum atomic E-state index is 8.71. The molecule has 0 radical (unpaired) electrons. The molecular weight excluding hydrogens is 260 g/mol. The topological polar surface area (TPSA) is 20.2 Å². The lowest BCUT2D eigenvalue weighted by Gasteiger charge is -2.00. The molecule has 0 fully saturated rings. The average Bonchev–Trinajstić information content (AvgIpc) is 2.86. The van der Waals surface area contributed by atoms with Gasteiger partial charge in [-0.05, 0) is 23.6 Å². The van der Waals surface area contributed by atoms with Gasteiger partial charge in [0.25, 0.3) is 0 Å². The molecule has 0 aliphatic heterocycles. The van der Waals surface area contributed by atoms with Gasteiger partial charge in [0.1, 0.15) is 0 Å².